The number of carboxylic acids is 1. The van der Waals surface area contributed by atoms with Gasteiger partial charge >= 0.3 is 18.3 Å². The third-order valence-electron chi connectivity index (χ3n) is 9.67. The molecular weight excluding hydrogens is 795 g/mol. The molecule has 2 aliphatic heterocycles. The van der Waals surface area contributed by atoms with Crippen molar-refractivity contribution in [2.24, 2.45) is 17.6 Å². The molecule has 328 valence electrons. The second-order valence-corrected chi connectivity index (χ2v) is 14.7. The molecule has 6 rings (SSSR count). The largest absolute Gasteiger partial charge is 0.478 e. The molecule has 13 nitrogen and oxygen atoms in total. The van der Waals surface area contributed by atoms with Gasteiger partial charge < -0.3 is 26.0 Å². The number of hydrogen-bond donors (Lipinski definition) is 3. The topological polar surface area (TPSA) is 160 Å². The van der Waals surface area contributed by atoms with Crippen molar-refractivity contribution in [1.82, 2.24) is 44.6 Å². The molecule has 0 bridgehead atoms. The Kier molecular flexibility index (Phi) is 18.2. The zero-order chi connectivity index (χ0) is 43.3. The average molecular weight is 849 g/mol. The highest BCUT2D eigenvalue weighted by atomic mass is 19.4. The highest BCUT2D eigenvalue weighted by Gasteiger charge is 2.37. The summed E-state index contributed by atoms with van der Waals surface area (Å²) in [5, 5.41) is 19.5. The van der Waals surface area contributed by atoms with E-state index in [-0.39, 0.29) is 19.4 Å². The van der Waals surface area contributed by atoms with E-state index in [1.807, 2.05) is 0 Å². The van der Waals surface area contributed by atoms with Crippen molar-refractivity contribution in [2.45, 2.75) is 59.3 Å². The number of carbonyl (C=O) groups excluding carboxylic acids is 1. The van der Waals surface area contributed by atoms with Gasteiger partial charge in [-0.15, -0.1) is 10.2 Å². The van der Waals surface area contributed by atoms with E-state index < -0.39 is 40.8 Å². The van der Waals surface area contributed by atoms with Crippen molar-refractivity contribution >= 4 is 24.3 Å². The highest BCUT2D eigenvalue weighted by molar-refractivity contribution is 5.90. The molecule has 2 saturated heterocycles. The maximum absolute atomic E-state index is 12.8. The number of hydrogen-bond acceptors (Lipinski definition) is 9. The third kappa shape index (κ3) is 16.0. The Morgan fingerprint density at radius 2 is 1.17 bits per heavy atom. The number of alkyl halides is 6. The van der Waals surface area contributed by atoms with Crippen LogP contribution in [0.15, 0.2) is 61.2 Å². The van der Waals surface area contributed by atoms with Gasteiger partial charge in [-0.25, -0.2) is 24.1 Å². The zero-order valence-corrected chi connectivity index (χ0v) is 33.3. The summed E-state index contributed by atoms with van der Waals surface area (Å²) >= 11 is 0. The quantitative estimate of drug-likeness (QED) is 0.119. The van der Waals surface area contributed by atoms with Crippen LogP contribution in [0, 0.1) is 25.7 Å². The van der Waals surface area contributed by atoms with E-state index in [1.165, 1.54) is 43.1 Å². The summed E-state index contributed by atoms with van der Waals surface area (Å²) in [5.74, 6) is 0.222. The normalized spacial score (nSPS) is 15.8. The predicted molar refractivity (Wildman–Crippen MR) is 218 cm³/mol. The van der Waals surface area contributed by atoms with Gasteiger partial charge in [0, 0.05) is 42.2 Å². The summed E-state index contributed by atoms with van der Waals surface area (Å²) < 4.78 is 79.1. The first-order valence-corrected chi connectivity index (χ1v) is 18.9. The Hall–Kier alpha value is -5.40. The van der Waals surface area contributed by atoms with E-state index in [0.717, 1.165) is 67.7 Å². The molecule has 2 fully saturated rings. The van der Waals surface area contributed by atoms with Crippen LogP contribution < -0.4 is 11.1 Å². The van der Waals surface area contributed by atoms with Gasteiger partial charge in [-0.2, -0.15) is 26.3 Å². The Labute approximate surface area is 346 Å². The standard InChI is InChI=1S/C20H27N5O.C13H7F6N3O2.C7H16N2.CH4/c1-15-10-16(2)12-18(11-15)20-22-14-25(23-20)9-6-19(26)21-13-17-4-7-24(3)8-5-17;14-12(15,16)8-3-7(4-9(5-8)13(17,18)19)11-20-6-22(21-11)2-1-10(23)24;1-9-4-2-7(6-8)3-5-9;/h6,9-12,14,17H,4-5,7-8,13H2,1-3H3,(H,21,26);1-6H,(H,23,24);7H,2-6,8H2,1H3;1H4/b9-6-;2-1-;;. The number of rotatable bonds is 9. The van der Waals surface area contributed by atoms with E-state index in [9.17, 15) is 35.9 Å². The molecule has 4 N–H and O–H groups in total. The van der Waals surface area contributed by atoms with Crippen LogP contribution >= 0.6 is 0 Å². The molecular formula is C41H54F6N10O3. The van der Waals surface area contributed by atoms with Crippen LogP contribution in [0.4, 0.5) is 26.3 Å². The Bertz CT molecular complexity index is 1990. The number of amides is 1. The number of aliphatic carboxylic acids is 1. The lowest BCUT2D eigenvalue weighted by molar-refractivity contribution is -0.143. The van der Waals surface area contributed by atoms with Crippen molar-refractivity contribution in [3.63, 3.8) is 0 Å². The number of benzene rings is 2. The van der Waals surface area contributed by atoms with E-state index >= 15 is 0 Å². The number of nitrogens with zero attached hydrogens (tertiary/aromatic N) is 8. The Morgan fingerprint density at radius 3 is 1.60 bits per heavy atom. The maximum atomic E-state index is 12.8. The van der Waals surface area contributed by atoms with Gasteiger partial charge in [0.25, 0.3) is 0 Å². The summed E-state index contributed by atoms with van der Waals surface area (Å²) in [6.07, 6.45) is 2.23. The van der Waals surface area contributed by atoms with Gasteiger partial charge in [-0.05, 0) is 129 Å². The monoisotopic (exact) mass is 848 g/mol. The molecule has 0 spiro atoms. The van der Waals surface area contributed by atoms with E-state index in [2.05, 4.69) is 81.4 Å². The zero-order valence-electron chi connectivity index (χ0n) is 33.3. The average Bonchev–Trinajstić information content (AvgIpc) is 3.86. The number of nitrogens with one attached hydrogen (secondary N) is 1. The van der Waals surface area contributed by atoms with Gasteiger partial charge in [0.05, 0.1) is 11.1 Å². The fourth-order valence-electron chi connectivity index (χ4n) is 6.30. The number of aromatic nitrogens is 6. The second kappa shape index (κ2) is 22.3. The number of piperidine rings is 2. The van der Waals surface area contributed by atoms with Crippen LogP contribution in [0.25, 0.3) is 35.2 Å². The van der Waals surface area contributed by atoms with Crippen LogP contribution in [-0.4, -0.2) is 110 Å². The Balaban J connectivity index is 0.000000263. The lowest BCUT2D eigenvalue weighted by Gasteiger charge is -2.28. The van der Waals surface area contributed by atoms with Crippen LogP contribution in [-0.2, 0) is 21.9 Å². The maximum Gasteiger partial charge on any atom is 0.416 e. The molecule has 0 atom stereocenters. The molecule has 0 aliphatic carbocycles. The lowest BCUT2D eigenvalue weighted by Crippen LogP contribution is -2.36. The van der Waals surface area contributed by atoms with Crippen LogP contribution in [0.1, 0.15) is 55.4 Å². The number of nitrogens with two attached hydrogens (primary N) is 1. The first-order chi connectivity index (χ1) is 27.8. The van der Waals surface area contributed by atoms with Crippen LogP contribution in [0.3, 0.4) is 0 Å². The summed E-state index contributed by atoms with van der Waals surface area (Å²) in [6.45, 7) is 10.4. The minimum Gasteiger partial charge on any atom is -0.478 e. The number of carbonyl (C=O) groups is 2. The van der Waals surface area contributed by atoms with Crippen molar-refractivity contribution in [2.75, 3.05) is 53.4 Å². The highest BCUT2D eigenvalue weighted by Crippen LogP contribution is 2.38. The van der Waals surface area contributed by atoms with Gasteiger partial charge in [0.2, 0.25) is 5.91 Å². The first-order valence-electron chi connectivity index (χ1n) is 18.9. The summed E-state index contributed by atoms with van der Waals surface area (Å²) in [7, 11) is 4.31. The molecule has 0 radical (unpaired) electrons. The van der Waals surface area contributed by atoms with Gasteiger partial charge in [0.1, 0.15) is 12.7 Å². The second-order valence-electron chi connectivity index (χ2n) is 14.7. The molecule has 2 aliphatic rings. The fraction of sp³-hybridized carbons (Fsp3) is 0.463. The molecule has 4 aromatic rings. The molecule has 0 unspecified atom stereocenters. The first kappa shape index (κ1) is 49.0. The molecule has 1 amide bonds. The minimum absolute atomic E-state index is 0. The van der Waals surface area contributed by atoms with Crippen molar-refractivity contribution in [3.05, 3.63) is 83.5 Å². The minimum atomic E-state index is -4.98. The lowest BCUT2D eigenvalue weighted by atomic mass is 9.97. The molecule has 0 saturated carbocycles. The predicted octanol–water partition coefficient (Wildman–Crippen LogP) is 6.95. The van der Waals surface area contributed by atoms with E-state index in [4.69, 9.17) is 10.8 Å². The molecule has 4 heterocycles. The molecule has 2 aromatic carbocycles. The third-order valence-corrected chi connectivity index (χ3v) is 9.67. The number of halogens is 6. The number of aryl methyl sites for hydroxylation is 2. The summed E-state index contributed by atoms with van der Waals surface area (Å²) in [5.41, 5.74) is 5.39. The van der Waals surface area contributed by atoms with Gasteiger partial charge in [0.15, 0.2) is 11.6 Å². The Morgan fingerprint density at radius 1 is 0.733 bits per heavy atom. The summed E-state index contributed by atoms with van der Waals surface area (Å²) in [4.78, 5) is 35.0. The smallest absolute Gasteiger partial charge is 0.416 e. The van der Waals surface area contributed by atoms with Gasteiger partial charge in [-0.3, -0.25) is 4.79 Å². The van der Waals surface area contributed by atoms with E-state index in [1.54, 1.807) is 17.2 Å². The van der Waals surface area contributed by atoms with Gasteiger partial charge in [-0.1, -0.05) is 24.6 Å². The molecule has 19 heteroatoms. The SMILES string of the molecule is C.CN1CCC(CN)CC1.Cc1cc(C)cc(-c2ncn(/C=C\C(=O)NCC3CCN(C)CC3)n2)c1.O=C(O)/C=C\n1cnc(-c2cc(C(F)(F)F)cc(C(F)(F)F)c2)n1. The number of carboxylic acid groups (broad SMARTS) is 1. The van der Waals surface area contributed by atoms with Crippen molar-refractivity contribution < 1.29 is 41.0 Å². The fourth-order valence-corrected chi connectivity index (χ4v) is 6.30. The van der Waals surface area contributed by atoms with Crippen LogP contribution in [0.2, 0.25) is 0 Å². The van der Waals surface area contributed by atoms with Crippen molar-refractivity contribution in [3.8, 4) is 22.8 Å². The summed E-state index contributed by atoms with van der Waals surface area (Å²) in [6, 6.07) is 7.20. The van der Waals surface area contributed by atoms with Crippen LogP contribution in [0.5, 0.6) is 0 Å². The van der Waals surface area contributed by atoms with Crippen molar-refractivity contribution in [1.29, 1.82) is 0 Å². The molecule has 2 aromatic heterocycles. The number of likely N-dealkylation sites (tertiary alicyclic amines) is 2. The van der Waals surface area contributed by atoms with E-state index in [0.29, 0.717) is 30.0 Å². The molecule has 60 heavy (non-hydrogen) atoms.